The molecule has 0 radical (unpaired) electrons. The lowest BCUT2D eigenvalue weighted by molar-refractivity contribution is -0.118. The van der Waals surface area contributed by atoms with E-state index >= 15 is 0 Å². The van der Waals surface area contributed by atoms with Crippen LogP contribution in [0.5, 0.6) is 11.5 Å². The summed E-state index contributed by atoms with van der Waals surface area (Å²) >= 11 is 1.57. The first kappa shape index (κ1) is 21.3. The number of ether oxygens (including phenoxy) is 2. The lowest BCUT2D eigenvalue weighted by Gasteiger charge is -2.12. The van der Waals surface area contributed by atoms with Crippen molar-refractivity contribution in [2.45, 2.75) is 0 Å². The second kappa shape index (κ2) is 10.4. The molecule has 4 rings (SSSR count). The smallest absolute Gasteiger partial charge is 0.262 e. The number of hydrogen-bond donors (Lipinski definition) is 1. The van der Waals surface area contributed by atoms with Crippen molar-refractivity contribution >= 4 is 22.9 Å². The van der Waals surface area contributed by atoms with E-state index in [4.69, 9.17) is 14.5 Å². The van der Waals surface area contributed by atoms with Gasteiger partial charge in [-0.1, -0.05) is 36.9 Å². The van der Waals surface area contributed by atoms with Crippen LogP contribution >= 0.6 is 11.3 Å². The zero-order valence-corrected chi connectivity index (χ0v) is 18.0. The number of nitrogens with one attached hydrogen (secondary N) is 1. The van der Waals surface area contributed by atoms with Crippen LogP contribution in [0.25, 0.3) is 21.8 Å². The van der Waals surface area contributed by atoms with Gasteiger partial charge in [0.15, 0.2) is 18.1 Å². The van der Waals surface area contributed by atoms with E-state index in [1.165, 1.54) is 0 Å². The summed E-state index contributed by atoms with van der Waals surface area (Å²) in [5.74, 6) is 0.802. The fourth-order valence-electron chi connectivity index (χ4n) is 2.97. The van der Waals surface area contributed by atoms with E-state index in [1.807, 2.05) is 53.9 Å². The van der Waals surface area contributed by atoms with E-state index in [0.717, 1.165) is 21.8 Å². The monoisotopic (exact) mass is 443 g/mol. The predicted octanol–water partition coefficient (Wildman–Crippen LogP) is 5.45. The number of aromatic nitrogens is 2. The fraction of sp³-hybridized carbons (Fsp3) is 0.0800. The number of benzene rings is 2. The van der Waals surface area contributed by atoms with Crippen molar-refractivity contribution < 1.29 is 14.3 Å². The van der Waals surface area contributed by atoms with E-state index in [0.29, 0.717) is 23.8 Å². The molecule has 0 fully saturated rings. The Labute approximate surface area is 190 Å². The minimum Gasteiger partial charge on any atom is -0.486 e. The van der Waals surface area contributed by atoms with Gasteiger partial charge in [-0.05, 0) is 36.4 Å². The number of amides is 1. The van der Waals surface area contributed by atoms with Gasteiger partial charge in [-0.25, -0.2) is 4.98 Å². The van der Waals surface area contributed by atoms with Gasteiger partial charge in [0.25, 0.3) is 5.91 Å². The van der Waals surface area contributed by atoms with Crippen LogP contribution in [-0.2, 0) is 4.79 Å². The van der Waals surface area contributed by atoms with Crippen molar-refractivity contribution in [3.8, 4) is 33.3 Å². The number of nitrogens with zero attached hydrogens (tertiary/aromatic N) is 2. The zero-order valence-electron chi connectivity index (χ0n) is 17.2. The number of pyridine rings is 1. The molecule has 0 aliphatic carbocycles. The number of carbonyl (C=O) groups excluding carboxylic acids is 1. The molecule has 0 unspecified atom stereocenters. The highest BCUT2D eigenvalue weighted by molar-refractivity contribution is 7.13. The standard InChI is InChI=1S/C25H21N3O3S/c1-2-14-30-22-8-3-4-9-23(22)31-16-24(29)27-20-7-5-6-19(15-20)21-17-32-25(28-21)18-10-12-26-13-11-18/h2-13,15,17H,1,14,16H2,(H,27,29). The molecule has 0 bridgehead atoms. The number of thiazole rings is 1. The van der Waals surface area contributed by atoms with E-state index in [-0.39, 0.29) is 12.5 Å². The normalized spacial score (nSPS) is 10.4. The highest BCUT2D eigenvalue weighted by atomic mass is 32.1. The maximum atomic E-state index is 12.4. The maximum Gasteiger partial charge on any atom is 0.262 e. The molecule has 2 aromatic heterocycles. The molecule has 7 heteroatoms. The summed E-state index contributed by atoms with van der Waals surface area (Å²) in [4.78, 5) is 21.2. The number of para-hydroxylation sites is 2. The predicted molar refractivity (Wildman–Crippen MR) is 127 cm³/mol. The highest BCUT2D eigenvalue weighted by Crippen LogP contribution is 2.30. The molecular formula is C25H21N3O3S. The van der Waals surface area contributed by atoms with Gasteiger partial charge in [0.2, 0.25) is 0 Å². The highest BCUT2D eigenvalue weighted by Gasteiger charge is 2.10. The molecule has 0 spiro atoms. The Morgan fingerprint density at radius 1 is 1.00 bits per heavy atom. The molecule has 32 heavy (non-hydrogen) atoms. The summed E-state index contributed by atoms with van der Waals surface area (Å²) in [7, 11) is 0. The summed E-state index contributed by atoms with van der Waals surface area (Å²) in [6, 6.07) is 18.6. The van der Waals surface area contributed by atoms with Crippen LogP contribution in [0.2, 0.25) is 0 Å². The Bertz CT molecular complexity index is 1210. The maximum absolute atomic E-state index is 12.4. The molecule has 4 aromatic rings. The number of rotatable bonds is 9. The van der Waals surface area contributed by atoms with Gasteiger partial charge in [-0.2, -0.15) is 0 Å². The van der Waals surface area contributed by atoms with Gasteiger partial charge in [-0.3, -0.25) is 9.78 Å². The first-order valence-corrected chi connectivity index (χ1v) is 10.8. The molecule has 0 saturated carbocycles. The summed E-state index contributed by atoms with van der Waals surface area (Å²) in [5, 5.41) is 5.79. The molecule has 0 saturated heterocycles. The first-order chi connectivity index (χ1) is 15.7. The Morgan fingerprint density at radius 2 is 1.78 bits per heavy atom. The van der Waals surface area contributed by atoms with Crippen LogP contribution in [0.1, 0.15) is 0 Å². The van der Waals surface area contributed by atoms with Gasteiger partial charge >= 0.3 is 0 Å². The summed E-state index contributed by atoms with van der Waals surface area (Å²) < 4.78 is 11.2. The number of hydrogen-bond acceptors (Lipinski definition) is 6. The van der Waals surface area contributed by atoms with Gasteiger partial charge < -0.3 is 14.8 Å². The lowest BCUT2D eigenvalue weighted by Crippen LogP contribution is -2.20. The average molecular weight is 444 g/mol. The summed E-state index contributed by atoms with van der Waals surface area (Å²) in [6.45, 7) is 3.86. The molecule has 2 heterocycles. The van der Waals surface area contributed by atoms with Gasteiger partial charge in [0, 0.05) is 34.6 Å². The molecular weight excluding hydrogens is 422 g/mol. The molecule has 0 aliphatic heterocycles. The minimum absolute atomic E-state index is 0.137. The molecule has 6 nitrogen and oxygen atoms in total. The van der Waals surface area contributed by atoms with E-state index in [1.54, 1.807) is 41.9 Å². The molecule has 2 aromatic carbocycles. The van der Waals surface area contributed by atoms with Crippen LogP contribution in [0, 0.1) is 0 Å². The van der Waals surface area contributed by atoms with E-state index in [9.17, 15) is 4.79 Å². The van der Waals surface area contributed by atoms with E-state index in [2.05, 4.69) is 16.9 Å². The third-order valence-electron chi connectivity index (χ3n) is 4.44. The fourth-order valence-corrected chi connectivity index (χ4v) is 3.80. The first-order valence-electron chi connectivity index (χ1n) is 9.94. The minimum atomic E-state index is -0.267. The molecule has 0 aliphatic rings. The SMILES string of the molecule is C=CCOc1ccccc1OCC(=O)Nc1cccc(-c2csc(-c3ccncc3)n2)c1. The van der Waals surface area contributed by atoms with Crippen LogP contribution in [0.4, 0.5) is 5.69 Å². The zero-order chi connectivity index (χ0) is 22.2. The third kappa shape index (κ3) is 5.39. The van der Waals surface area contributed by atoms with E-state index < -0.39 is 0 Å². The second-order valence-corrected chi connectivity index (χ2v) is 7.60. The van der Waals surface area contributed by atoms with Crippen molar-refractivity contribution in [1.82, 2.24) is 9.97 Å². The molecule has 1 N–H and O–H groups in total. The average Bonchev–Trinajstić information content (AvgIpc) is 3.33. The van der Waals surface area contributed by atoms with Crippen molar-refractivity contribution in [2.75, 3.05) is 18.5 Å². The van der Waals surface area contributed by atoms with Crippen LogP contribution in [0.3, 0.4) is 0 Å². The van der Waals surface area contributed by atoms with Crippen LogP contribution in [-0.4, -0.2) is 29.1 Å². The van der Waals surface area contributed by atoms with Gasteiger partial charge in [0.1, 0.15) is 11.6 Å². The van der Waals surface area contributed by atoms with Crippen LogP contribution < -0.4 is 14.8 Å². The quantitative estimate of drug-likeness (QED) is 0.348. The number of carbonyl (C=O) groups is 1. The Morgan fingerprint density at radius 3 is 2.56 bits per heavy atom. The molecule has 160 valence electrons. The summed E-state index contributed by atoms with van der Waals surface area (Å²) in [6.07, 6.45) is 5.15. The second-order valence-electron chi connectivity index (χ2n) is 6.74. The van der Waals surface area contributed by atoms with Gasteiger partial charge in [-0.15, -0.1) is 11.3 Å². The van der Waals surface area contributed by atoms with Crippen molar-refractivity contribution in [2.24, 2.45) is 0 Å². The number of anilines is 1. The van der Waals surface area contributed by atoms with Gasteiger partial charge in [0.05, 0.1) is 5.69 Å². The topological polar surface area (TPSA) is 73.3 Å². The molecule has 0 atom stereocenters. The van der Waals surface area contributed by atoms with Crippen molar-refractivity contribution in [3.05, 3.63) is 91.1 Å². The van der Waals surface area contributed by atoms with Crippen LogP contribution in [0.15, 0.2) is 91.1 Å². The summed E-state index contributed by atoms with van der Waals surface area (Å²) in [5.41, 5.74) is 3.46. The Balaban J connectivity index is 1.40. The Hall–Kier alpha value is -3.97. The van der Waals surface area contributed by atoms with Crippen molar-refractivity contribution in [3.63, 3.8) is 0 Å². The lowest BCUT2D eigenvalue weighted by atomic mass is 10.1. The Kier molecular flexibility index (Phi) is 6.89. The van der Waals surface area contributed by atoms with Crippen molar-refractivity contribution in [1.29, 1.82) is 0 Å². The third-order valence-corrected chi connectivity index (χ3v) is 5.33. The largest absolute Gasteiger partial charge is 0.486 e. The molecule has 1 amide bonds.